The van der Waals surface area contributed by atoms with Gasteiger partial charge in [-0.3, -0.25) is 4.79 Å². The van der Waals surface area contributed by atoms with E-state index in [9.17, 15) is 4.79 Å². The number of rotatable bonds is 4. The molecule has 0 saturated carbocycles. The molecule has 0 fully saturated rings. The fraction of sp³-hybridized carbons (Fsp3) is 0.455. The molecule has 0 bridgehead atoms. The second-order valence-electron chi connectivity index (χ2n) is 3.39. The second kappa shape index (κ2) is 6.21. The summed E-state index contributed by atoms with van der Waals surface area (Å²) >= 11 is 1.26. The van der Waals surface area contributed by atoms with Crippen LogP contribution in [0.4, 0.5) is 0 Å². The Morgan fingerprint density at radius 3 is 2.76 bits per heavy atom. The first-order valence-corrected chi connectivity index (χ1v) is 6.21. The van der Waals surface area contributed by atoms with Gasteiger partial charge in [0.15, 0.2) is 0 Å². The van der Waals surface area contributed by atoms with Crippen molar-refractivity contribution in [3.8, 4) is 6.07 Å². The van der Waals surface area contributed by atoms with E-state index in [0.717, 1.165) is 0 Å². The van der Waals surface area contributed by atoms with Crippen molar-refractivity contribution in [1.82, 2.24) is 15.3 Å². The predicted octanol–water partition coefficient (Wildman–Crippen LogP) is 1.19. The largest absolute Gasteiger partial charge is 0.356 e. The van der Waals surface area contributed by atoms with E-state index in [-0.39, 0.29) is 11.7 Å². The lowest BCUT2D eigenvalue weighted by atomic mass is 10.3. The average Bonchev–Trinajstić information content (AvgIpc) is 2.26. The minimum atomic E-state index is -0.0599. The van der Waals surface area contributed by atoms with Crippen LogP contribution < -0.4 is 5.32 Å². The van der Waals surface area contributed by atoms with Crippen LogP contribution in [0.15, 0.2) is 5.03 Å². The molecule has 90 valence electrons. The van der Waals surface area contributed by atoms with Gasteiger partial charge in [0.1, 0.15) is 22.5 Å². The van der Waals surface area contributed by atoms with Crippen LogP contribution in [0.1, 0.15) is 24.0 Å². The molecule has 1 N–H and O–H groups in total. The molecular formula is C11H14N4OS. The van der Waals surface area contributed by atoms with E-state index in [0.29, 0.717) is 28.7 Å². The molecule has 1 heterocycles. The normalized spacial score (nSPS) is 9.76. The number of nitriles is 1. The minimum Gasteiger partial charge on any atom is -0.356 e. The van der Waals surface area contributed by atoms with Crippen LogP contribution in [0.2, 0.25) is 0 Å². The fourth-order valence-corrected chi connectivity index (χ4v) is 2.20. The molecule has 6 heteroatoms. The Morgan fingerprint density at radius 2 is 2.18 bits per heavy atom. The van der Waals surface area contributed by atoms with Crippen LogP contribution in [0.5, 0.6) is 0 Å². The van der Waals surface area contributed by atoms with Gasteiger partial charge in [-0.25, -0.2) is 9.97 Å². The molecule has 0 aliphatic carbocycles. The van der Waals surface area contributed by atoms with Crippen LogP contribution in [-0.4, -0.2) is 28.2 Å². The summed E-state index contributed by atoms with van der Waals surface area (Å²) in [5.41, 5.74) is 1.10. The number of hydrogen-bond donors (Lipinski definition) is 1. The number of carbonyl (C=O) groups is 1. The zero-order valence-corrected chi connectivity index (χ0v) is 10.9. The summed E-state index contributed by atoms with van der Waals surface area (Å²) in [7, 11) is 0. The highest BCUT2D eigenvalue weighted by atomic mass is 32.2. The topological polar surface area (TPSA) is 78.7 Å². The smallest absolute Gasteiger partial charge is 0.230 e. The average molecular weight is 250 g/mol. The molecule has 0 aliphatic heterocycles. The van der Waals surface area contributed by atoms with Crippen molar-refractivity contribution in [2.75, 3.05) is 12.3 Å². The monoisotopic (exact) mass is 250 g/mol. The summed E-state index contributed by atoms with van der Waals surface area (Å²) in [6, 6.07) is 2.07. The Hall–Kier alpha value is -1.61. The van der Waals surface area contributed by atoms with Crippen LogP contribution in [0.3, 0.4) is 0 Å². The lowest BCUT2D eigenvalue weighted by Crippen LogP contribution is -2.24. The van der Waals surface area contributed by atoms with Gasteiger partial charge in [0, 0.05) is 6.54 Å². The van der Waals surface area contributed by atoms with Crippen molar-refractivity contribution >= 4 is 17.7 Å². The van der Waals surface area contributed by atoms with E-state index in [1.54, 1.807) is 13.8 Å². The Labute approximate surface area is 105 Å². The summed E-state index contributed by atoms with van der Waals surface area (Å²) in [4.78, 5) is 19.6. The van der Waals surface area contributed by atoms with Crippen LogP contribution >= 0.6 is 11.8 Å². The molecule has 0 radical (unpaired) electrons. The van der Waals surface area contributed by atoms with E-state index in [4.69, 9.17) is 5.26 Å². The molecule has 1 aromatic rings. The Balaban J connectivity index is 2.84. The zero-order chi connectivity index (χ0) is 12.8. The first-order chi connectivity index (χ1) is 8.08. The number of hydrogen-bond acceptors (Lipinski definition) is 5. The molecule has 0 spiro atoms. The minimum absolute atomic E-state index is 0.0599. The van der Waals surface area contributed by atoms with Gasteiger partial charge >= 0.3 is 0 Å². The van der Waals surface area contributed by atoms with Crippen molar-refractivity contribution in [2.45, 2.75) is 25.8 Å². The van der Waals surface area contributed by atoms with E-state index < -0.39 is 0 Å². The molecule has 0 saturated heterocycles. The lowest BCUT2D eigenvalue weighted by Gasteiger charge is -2.06. The third-order valence-electron chi connectivity index (χ3n) is 1.99. The highest BCUT2D eigenvalue weighted by Gasteiger charge is 2.11. The van der Waals surface area contributed by atoms with Crippen LogP contribution in [0, 0.1) is 25.2 Å². The molecule has 0 aliphatic rings. The summed E-state index contributed by atoms with van der Waals surface area (Å²) in [6.45, 7) is 6.00. The standard InChI is InChI=1S/C11H14N4OS/c1-4-13-10(16)6-17-11-9(5-12)7(2)14-8(3)15-11/h4,6H2,1-3H3,(H,13,16). The molecule has 0 unspecified atom stereocenters. The number of aryl methyl sites for hydroxylation is 2. The highest BCUT2D eigenvalue weighted by molar-refractivity contribution is 8.00. The summed E-state index contributed by atoms with van der Waals surface area (Å²) < 4.78 is 0. The predicted molar refractivity (Wildman–Crippen MR) is 65.6 cm³/mol. The van der Waals surface area contributed by atoms with Crippen LogP contribution in [-0.2, 0) is 4.79 Å². The molecule has 0 aromatic carbocycles. The summed E-state index contributed by atoms with van der Waals surface area (Å²) in [5.74, 6) is 0.813. The van der Waals surface area contributed by atoms with Crippen molar-refractivity contribution < 1.29 is 4.79 Å². The van der Waals surface area contributed by atoms with Crippen molar-refractivity contribution in [2.24, 2.45) is 0 Å². The Morgan fingerprint density at radius 1 is 1.47 bits per heavy atom. The highest BCUT2D eigenvalue weighted by Crippen LogP contribution is 2.21. The number of nitrogens with zero attached hydrogens (tertiary/aromatic N) is 3. The Bertz CT molecular complexity index is 467. The van der Waals surface area contributed by atoms with E-state index in [2.05, 4.69) is 21.4 Å². The van der Waals surface area contributed by atoms with Gasteiger partial charge in [-0.15, -0.1) is 0 Å². The third-order valence-corrected chi connectivity index (χ3v) is 2.97. The van der Waals surface area contributed by atoms with E-state index >= 15 is 0 Å². The number of thioether (sulfide) groups is 1. The van der Waals surface area contributed by atoms with Gasteiger partial charge in [-0.1, -0.05) is 11.8 Å². The number of aromatic nitrogens is 2. The molecular weight excluding hydrogens is 236 g/mol. The summed E-state index contributed by atoms with van der Waals surface area (Å²) in [6.07, 6.45) is 0. The number of amides is 1. The van der Waals surface area contributed by atoms with Gasteiger partial charge in [-0.2, -0.15) is 5.26 Å². The summed E-state index contributed by atoms with van der Waals surface area (Å²) in [5, 5.41) is 12.3. The fourth-order valence-electron chi connectivity index (χ4n) is 1.30. The zero-order valence-electron chi connectivity index (χ0n) is 10.1. The molecule has 1 amide bonds. The molecule has 1 rings (SSSR count). The maximum Gasteiger partial charge on any atom is 0.230 e. The Kier molecular flexibility index (Phi) is 4.91. The van der Waals surface area contributed by atoms with E-state index in [1.165, 1.54) is 11.8 Å². The van der Waals surface area contributed by atoms with Crippen molar-refractivity contribution in [3.63, 3.8) is 0 Å². The molecule has 1 aromatic heterocycles. The first kappa shape index (κ1) is 13.5. The quantitative estimate of drug-likeness (QED) is 0.641. The third kappa shape index (κ3) is 3.71. The van der Waals surface area contributed by atoms with Gasteiger partial charge in [0.25, 0.3) is 0 Å². The SMILES string of the molecule is CCNC(=O)CSc1nc(C)nc(C)c1C#N. The van der Waals surface area contributed by atoms with Crippen molar-refractivity contribution in [1.29, 1.82) is 5.26 Å². The van der Waals surface area contributed by atoms with Gasteiger partial charge < -0.3 is 5.32 Å². The van der Waals surface area contributed by atoms with Gasteiger partial charge in [0.2, 0.25) is 5.91 Å². The lowest BCUT2D eigenvalue weighted by molar-refractivity contribution is -0.118. The second-order valence-corrected chi connectivity index (χ2v) is 4.35. The van der Waals surface area contributed by atoms with Crippen molar-refractivity contribution in [3.05, 3.63) is 17.1 Å². The van der Waals surface area contributed by atoms with Crippen LogP contribution in [0.25, 0.3) is 0 Å². The maximum absolute atomic E-state index is 11.3. The van der Waals surface area contributed by atoms with Gasteiger partial charge in [0.05, 0.1) is 11.4 Å². The number of carbonyl (C=O) groups excluding carboxylic acids is 1. The molecule has 0 atom stereocenters. The first-order valence-electron chi connectivity index (χ1n) is 5.23. The van der Waals surface area contributed by atoms with E-state index in [1.807, 2.05) is 6.92 Å². The molecule has 17 heavy (non-hydrogen) atoms. The molecule has 5 nitrogen and oxygen atoms in total. The number of nitrogens with one attached hydrogen (secondary N) is 1. The maximum atomic E-state index is 11.3. The van der Waals surface area contributed by atoms with Gasteiger partial charge in [-0.05, 0) is 20.8 Å².